The first kappa shape index (κ1) is 58.1. The lowest BCUT2D eigenvalue weighted by Crippen LogP contribution is -2.30. The van der Waals surface area contributed by atoms with E-state index in [4.69, 9.17) is 14.2 Å². The van der Waals surface area contributed by atoms with E-state index in [2.05, 4.69) is 81.5 Å². The lowest BCUT2D eigenvalue weighted by atomic mass is 10.1. The van der Waals surface area contributed by atoms with Gasteiger partial charge in [-0.1, -0.05) is 210 Å². The van der Waals surface area contributed by atoms with Crippen molar-refractivity contribution in [2.24, 2.45) is 0 Å². The highest BCUT2D eigenvalue weighted by Crippen LogP contribution is 2.14. The van der Waals surface area contributed by atoms with Crippen LogP contribution in [0.5, 0.6) is 0 Å². The third-order valence-electron chi connectivity index (χ3n) is 11.0. The van der Waals surface area contributed by atoms with Crippen molar-refractivity contribution in [3.63, 3.8) is 0 Å². The van der Waals surface area contributed by atoms with Crippen molar-refractivity contribution < 1.29 is 28.6 Å². The second-order valence-corrected chi connectivity index (χ2v) is 17.1. The molecule has 1 unspecified atom stereocenters. The molecule has 0 saturated carbocycles. The van der Waals surface area contributed by atoms with Gasteiger partial charge in [-0.3, -0.25) is 14.4 Å². The van der Waals surface area contributed by atoms with Crippen LogP contribution in [0.3, 0.4) is 0 Å². The summed E-state index contributed by atoms with van der Waals surface area (Å²) in [6.45, 7) is 6.52. The number of allylic oxidation sites excluding steroid dienone is 10. The Morgan fingerprint density at radius 3 is 0.984 bits per heavy atom. The molecule has 0 heterocycles. The molecule has 352 valence electrons. The van der Waals surface area contributed by atoms with E-state index in [-0.39, 0.29) is 31.1 Å². The van der Waals surface area contributed by atoms with Crippen LogP contribution in [-0.2, 0) is 28.6 Å². The van der Waals surface area contributed by atoms with E-state index in [0.717, 1.165) is 109 Å². The molecule has 0 aliphatic carbocycles. The highest BCUT2D eigenvalue weighted by molar-refractivity contribution is 5.71. The standard InChI is InChI=1S/C55H96O6/c1-4-7-10-13-16-19-21-23-24-25-26-27-28-29-30-32-33-36-39-42-45-48-54(57)60-51-52(50-59-53(56)47-44-41-38-35-18-15-12-9-6-3)61-55(58)49-46-43-40-37-34-31-22-20-17-14-11-8-5-2/h11,14,20-23,25-26,28-29,52H,4-10,12-13,15-19,24,27,30-51H2,1-3H3/b14-11-,22-20-,23-21-,26-25-,29-28-. The van der Waals surface area contributed by atoms with Crippen molar-refractivity contribution in [3.8, 4) is 0 Å². The molecule has 1 atom stereocenters. The third kappa shape index (κ3) is 48.0. The number of hydrogen-bond acceptors (Lipinski definition) is 6. The zero-order valence-electron chi connectivity index (χ0n) is 40.2. The van der Waals surface area contributed by atoms with Gasteiger partial charge in [-0.15, -0.1) is 0 Å². The van der Waals surface area contributed by atoms with Crippen LogP contribution in [0.25, 0.3) is 0 Å². The van der Waals surface area contributed by atoms with Crippen LogP contribution in [0.1, 0.15) is 252 Å². The van der Waals surface area contributed by atoms with Crippen molar-refractivity contribution in [2.45, 2.75) is 258 Å². The second-order valence-electron chi connectivity index (χ2n) is 17.1. The molecule has 0 aliphatic rings. The van der Waals surface area contributed by atoms with E-state index in [1.165, 1.54) is 103 Å². The van der Waals surface area contributed by atoms with Crippen LogP contribution in [0, 0.1) is 0 Å². The molecular weight excluding hydrogens is 757 g/mol. The molecule has 0 bridgehead atoms. The van der Waals surface area contributed by atoms with E-state index >= 15 is 0 Å². The van der Waals surface area contributed by atoms with Crippen molar-refractivity contribution in [1.82, 2.24) is 0 Å². The number of unbranched alkanes of at least 4 members (excludes halogenated alkanes) is 25. The van der Waals surface area contributed by atoms with E-state index in [9.17, 15) is 14.4 Å². The Bertz CT molecular complexity index is 1120. The monoisotopic (exact) mass is 853 g/mol. The smallest absolute Gasteiger partial charge is 0.306 e. The first-order valence-corrected chi connectivity index (χ1v) is 25.8. The molecule has 0 amide bonds. The lowest BCUT2D eigenvalue weighted by Gasteiger charge is -2.18. The van der Waals surface area contributed by atoms with Gasteiger partial charge in [-0.25, -0.2) is 0 Å². The third-order valence-corrected chi connectivity index (χ3v) is 11.0. The predicted octanol–water partition coefficient (Wildman–Crippen LogP) is 16.9. The van der Waals surface area contributed by atoms with Crippen molar-refractivity contribution in [3.05, 3.63) is 60.8 Å². The van der Waals surface area contributed by atoms with Gasteiger partial charge < -0.3 is 14.2 Å². The van der Waals surface area contributed by atoms with E-state index in [1.807, 2.05) is 0 Å². The van der Waals surface area contributed by atoms with Gasteiger partial charge >= 0.3 is 17.9 Å². The van der Waals surface area contributed by atoms with Crippen molar-refractivity contribution in [1.29, 1.82) is 0 Å². The summed E-state index contributed by atoms with van der Waals surface area (Å²) in [5.74, 6) is -0.911. The number of ether oxygens (including phenoxy) is 3. The maximum absolute atomic E-state index is 12.7. The molecule has 0 N–H and O–H groups in total. The largest absolute Gasteiger partial charge is 0.462 e. The predicted molar refractivity (Wildman–Crippen MR) is 261 cm³/mol. The quantitative estimate of drug-likeness (QED) is 0.0263. The van der Waals surface area contributed by atoms with Gasteiger partial charge in [0.15, 0.2) is 6.10 Å². The summed E-state index contributed by atoms with van der Waals surface area (Å²) in [5.41, 5.74) is 0. The summed E-state index contributed by atoms with van der Waals surface area (Å²) in [6.07, 6.45) is 60.6. The van der Waals surface area contributed by atoms with Crippen LogP contribution in [0.15, 0.2) is 60.8 Å². The number of rotatable bonds is 46. The van der Waals surface area contributed by atoms with E-state index in [0.29, 0.717) is 19.3 Å². The molecule has 61 heavy (non-hydrogen) atoms. The topological polar surface area (TPSA) is 78.9 Å². The zero-order chi connectivity index (χ0) is 44.4. The minimum absolute atomic E-state index is 0.0833. The molecule has 0 aliphatic heterocycles. The SMILES string of the molecule is CCC/C=C\C/C=C\CCCCCCCC(=O)OC(COC(=O)CCCCCCCC/C=C\C/C=C\C/C=C\CCCCCCC)COC(=O)CCCCCCCCCCC. The number of esters is 3. The summed E-state index contributed by atoms with van der Waals surface area (Å²) in [7, 11) is 0. The fourth-order valence-electron chi connectivity index (χ4n) is 7.07. The lowest BCUT2D eigenvalue weighted by molar-refractivity contribution is -0.167. The maximum atomic E-state index is 12.7. The molecule has 6 heteroatoms. The van der Waals surface area contributed by atoms with Gasteiger partial charge in [-0.2, -0.15) is 0 Å². The Balaban J connectivity index is 4.32. The van der Waals surface area contributed by atoms with Gasteiger partial charge in [0, 0.05) is 19.3 Å². The van der Waals surface area contributed by atoms with Gasteiger partial charge in [0.1, 0.15) is 13.2 Å². The fourth-order valence-corrected chi connectivity index (χ4v) is 7.07. The number of carbonyl (C=O) groups is 3. The van der Waals surface area contributed by atoms with Crippen molar-refractivity contribution in [2.75, 3.05) is 13.2 Å². The Kier molecular flexibility index (Phi) is 47.4. The summed E-state index contributed by atoms with van der Waals surface area (Å²) in [5, 5.41) is 0. The Morgan fingerprint density at radius 1 is 0.328 bits per heavy atom. The Hall–Kier alpha value is -2.89. The zero-order valence-corrected chi connectivity index (χ0v) is 40.2. The fraction of sp³-hybridized carbons (Fsp3) is 0.764. The molecule has 0 aromatic rings. The first-order valence-electron chi connectivity index (χ1n) is 25.8. The normalized spacial score (nSPS) is 12.5. The molecule has 0 saturated heterocycles. The van der Waals surface area contributed by atoms with Crippen LogP contribution >= 0.6 is 0 Å². The summed E-state index contributed by atoms with van der Waals surface area (Å²) in [4.78, 5) is 37.8. The molecule has 0 spiro atoms. The van der Waals surface area contributed by atoms with Crippen LogP contribution in [-0.4, -0.2) is 37.2 Å². The van der Waals surface area contributed by atoms with Crippen LogP contribution in [0.4, 0.5) is 0 Å². The molecular formula is C55H96O6. The van der Waals surface area contributed by atoms with E-state index in [1.54, 1.807) is 0 Å². The molecule has 0 radical (unpaired) electrons. The van der Waals surface area contributed by atoms with E-state index < -0.39 is 6.10 Å². The van der Waals surface area contributed by atoms with Gasteiger partial charge in [0.2, 0.25) is 0 Å². The highest BCUT2D eigenvalue weighted by Gasteiger charge is 2.19. The van der Waals surface area contributed by atoms with Crippen LogP contribution in [0.2, 0.25) is 0 Å². The van der Waals surface area contributed by atoms with Gasteiger partial charge in [-0.05, 0) is 83.5 Å². The summed E-state index contributed by atoms with van der Waals surface area (Å²) < 4.78 is 16.7. The van der Waals surface area contributed by atoms with Gasteiger partial charge in [0.25, 0.3) is 0 Å². The Labute approximate surface area is 377 Å². The maximum Gasteiger partial charge on any atom is 0.306 e. The summed E-state index contributed by atoms with van der Waals surface area (Å²) >= 11 is 0. The van der Waals surface area contributed by atoms with Crippen molar-refractivity contribution >= 4 is 17.9 Å². The molecule has 0 aromatic carbocycles. The Morgan fingerprint density at radius 2 is 0.623 bits per heavy atom. The minimum atomic E-state index is -0.783. The molecule has 6 nitrogen and oxygen atoms in total. The van der Waals surface area contributed by atoms with Crippen LogP contribution < -0.4 is 0 Å². The number of hydrogen-bond donors (Lipinski definition) is 0. The minimum Gasteiger partial charge on any atom is -0.462 e. The molecule has 0 rings (SSSR count). The highest BCUT2D eigenvalue weighted by atomic mass is 16.6. The summed E-state index contributed by atoms with van der Waals surface area (Å²) in [6, 6.07) is 0. The molecule has 0 fully saturated rings. The second kappa shape index (κ2) is 49.8. The first-order chi connectivity index (χ1) is 30.0. The average molecular weight is 853 g/mol. The van der Waals surface area contributed by atoms with Gasteiger partial charge in [0.05, 0.1) is 0 Å². The number of carbonyl (C=O) groups excluding carboxylic acids is 3. The average Bonchev–Trinajstić information content (AvgIpc) is 3.26. The molecule has 0 aromatic heterocycles.